The molecule has 2 heterocycles. The van der Waals surface area contributed by atoms with E-state index in [1.54, 1.807) is 45.3 Å². The van der Waals surface area contributed by atoms with Crippen LogP contribution in [-0.4, -0.2) is 103 Å². The minimum atomic E-state index is -1.01. The first kappa shape index (κ1) is 41.0. The lowest BCUT2D eigenvalue weighted by atomic mass is 10.0. The van der Waals surface area contributed by atoms with Crippen LogP contribution in [-0.2, 0) is 32.1 Å². The summed E-state index contributed by atoms with van der Waals surface area (Å²) in [6.45, 7) is 7.22. The first-order valence-corrected chi connectivity index (χ1v) is 18.5. The summed E-state index contributed by atoms with van der Waals surface area (Å²) in [6, 6.07) is 9.61. The van der Waals surface area contributed by atoms with Gasteiger partial charge in [-0.05, 0) is 43.4 Å². The number of amides is 5. The van der Waals surface area contributed by atoms with Gasteiger partial charge in [0.25, 0.3) is 5.91 Å². The molecule has 4 atom stereocenters. The van der Waals surface area contributed by atoms with Crippen LogP contribution in [0.25, 0.3) is 0 Å². The van der Waals surface area contributed by atoms with E-state index in [9.17, 15) is 24.0 Å². The van der Waals surface area contributed by atoms with Crippen LogP contribution in [0.1, 0.15) is 60.4 Å². The van der Waals surface area contributed by atoms with Gasteiger partial charge < -0.3 is 35.6 Å². The van der Waals surface area contributed by atoms with Gasteiger partial charge in [-0.25, -0.2) is 4.98 Å². The quantitative estimate of drug-likeness (QED) is 0.282. The van der Waals surface area contributed by atoms with Crippen molar-refractivity contribution in [3.8, 4) is 11.5 Å². The van der Waals surface area contributed by atoms with E-state index in [4.69, 9.17) is 21.1 Å². The number of nitrogens with zero attached hydrogens (tertiary/aromatic N) is 3. The number of benzene rings is 2. The number of carbonyl (C=O) groups is 5. The van der Waals surface area contributed by atoms with E-state index in [0.29, 0.717) is 33.5 Å². The second-order valence-corrected chi connectivity index (χ2v) is 14.5. The van der Waals surface area contributed by atoms with Crippen molar-refractivity contribution in [3.63, 3.8) is 0 Å². The molecule has 5 amide bonds. The van der Waals surface area contributed by atoms with Gasteiger partial charge in [-0.15, -0.1) is 11.3 Å². The van der Waals surface area contributed by atoms with Crippen molar-refractivity contribution in [1.29, 1.82) is 0 Å². The summed E-state index contributed by atoms with van der Waals surface area (Å²) < 4.78 is 10.9. The molecule has 1 aliphatic rings. The Bertz CT molecular complexity index is 1770. The Balaban J connectivity index is 1.70. The third-order valence-corrected chi connectivity index (χ3v) is 10.2. The summed E-state index contributed by atoms with van der Waals surface area (Å²) in [5.74, 6) is -1.91. The monoisotopic (exact) mass is 769 g/mol. The Hall–Kier alpha value is -4.73. The van der Waals surface area contributed by atoms with E-state index in [2.05, 4.69) is 26.3 Å². The molecular formula is C37H48ClN7O7S. The second-order valence-electron chi connectivity index (χ2n) is 13.3. The number of thiazole rings is 1. The van der Waals surface area contributed by atoms with Crippen LogP contribution in [0.3, 0.4) is 0 Å². The smallest absolute Gasteiger partial charge is 0.271 e. The fourth-order valence-electron chi connectivity index (χ4n) is 5.80. The summed E-state index contributed by atoms with van der Waals surface area (Å²) in [7, 11) is 4.61. The molecular weight excluding hydrogens is 722 g/mol. The lowest BCUT2D eigenvalue weighted by molar-refractivity contribution is -0.136. The van der Waals surface area contributed by atoms with Gasteiger partial charge >= 0.3 is 0 Å². The number of halogens is 1. The molecule has 16 heteroatoms. The fraction of sp³-hybridized carbons (Fsp3) is 0.459. The second kappa shape index (κ2) is 18.9. The molecule has 0 spiro atoms. The van der Waals surface area contributed by atoms with Crippen molar-refractivity contribution in [2.45, 2.75) is 64.8 Å². The van der Waals surface area contributed by atoms with Gasteiger partial charge in [-0.2, -0.15) is 0 Å². The highest BCUT2D eigenvalue weighted by Gasteiger charge is 2.31. The molecule has 53 heavy (non-hydrogen) atoms. The summed E-state index contributed by atoms with van der Waals surface area (Å²) in [6.07, 6.45) is 0.397. The van der Waals surface area contributed by atoms with Crippen LogP contribution in [0.15, 0.2) is 47.8 Å². The van der Waals surface area contributed by atoms with E-state index in [1.807, 2.05) is 35.2 Å². The molecule has 1 aliphatic heterocycles. The van der Waals surface area contributed by atoms with E-state index in [0.717, 1.165) is 5.56 Å². The molecule has 0 saturated heterocycles. The average molecular weight is 770 g/mol. The number of likely N-dealkylation sites (N-methyl/N-ethyl adjacent to an activating group) is 1. The largest absolute Gasteiger partial charge is 0.493 e. The molecule has 3 aromatic rings. The lowest BCUT2D eigenvalue weighted by Gasteiger charge is -2.29. The first-order valence-electron chi connectivity index (χ1n) is 17.3. The van der Waals surface area contributed by atoms with Gasteiger partial charge in [0, 0.05) is 32.1 Å². The third kappa shape index (κ3) is 10.9. The Labute approximate surface area is 318 Å². The minimum Gasteiger partial charge on any atom is -0.493 e. The molecule has 4 N–H and O–H groups in total. The van der Waals surface area contributed by atoms with Crippen LogP contribution >= 0.6 is 22.9 Å². The first-order chi connectivity index (χ1) is 25.2. The van der Waals surface area contributed by atoms with E-state index < -0.39 is 41.9 Å². The van der Waals surface area contributed by atoms with E-state index >= 15 is 0 Å². The minimum absolute atomic E-state index is 0.0790. The Kier molecular flexibility index (Phi) is 14.6. The van der Waals surface area contributed by atoms with Crippen molar-refractivity contribution in [2.75, 3.05) is 40.9 Å². The summed E-state index contributed by atoms with van der Waals surface area (Å²) in [4.78, 5) is 75.0. The van der Waals surface area contributed by atoms with Crippen LogP contribution < -0.4 is 30.7 Å². The number of methoxy groups -OCH3 is 2. The highest BCUT2D eigenvalue weighted by atomic mass is 35.5. The van der Waals surface area contributed by atoms with E-state index in [1.165, 1.54) is 37.4 Å². The number of ether oxygens (including phenoxy) is 2. The number of aromatic nitrogens is 1. The molecule has 1 aromatic heterocycles. The number of nitrogens with one attached hydrogen (secondary N) is 4. The molecule has 0 radical (unpaired) electrons. The van der Waals surface area contributed by atoms with Gasteiger partial charge in [-0.1, -0.05) is 61.8 Å². The number of hydrogen-bond donors (Lipinski definition) is 4. The molecule has 2 aromatic carbocycles. The topological polar surface area (TPSA) is 171 Å². The van der Waals surface area contributed by atoms with Crippen LogP contribution in [0, 0.1) is 5.92 Å². The third-order valence-electron chi connectivity index (χ3n) is 8.84. The summed E-state index contributed by atoms with van der Waals surface area (Å²) >= 11 is 7.97. The lowest BCUT2D eigenvalue weighted by Crippen LogP contribution is -2.57. The summed E-state index contributed by atoms with van der Waals surface area (Å²) in [5, 5.41) is 13.6. The Morgan fingerprint density at radius 1 is 0.906 bits per heavy atom. The van der Waals surface area contributed by atoms with Gasteiger partial charge in [0.15, 0.2) is 11.5 Å². The maximum absolute atomic E-state index is 13.9. The van der Waals surface area contributed by atoms with Gasteiger partial charge in [0.1, 0.15) is 28.8 Å². The molecule has 0 saturated carbocycles. The highest BCUT2D eigenvalue weighted by Crippen LogP contribution is 2.37. The normalized spacial score (nSPS) is 21.6. The zero-order valence-corrected chi connectivity index (χ0v) is 32.6. The zero-order valence-electron chi connectivity index (χ0n) is 31.0. The van der Waals surface area contributed by atoms with Crippen molar-refractivity contribution >= 4 is 52.5 Å². The molecule has 0 fully saturated rings. The number of fused-ring (bicyclic) bond motifs is 2. The van der Waals surface area contributed by atoms with Crippen LogP contribution in [0.2, 0.25) is 5.02 Å². The average Bonchev–Trinajstić information content (AvgIpc) is 3.63. The molecule has 4 rings (SSSR count). The van der Waals surface area contributed by atoms with Gasteiger partial charge in [0.05, 0.1) is 31.8 Å². The molecule has 286 valence electrons. The zero-order chi connectivity index (χ0) is 38.8. The molecule has 2 bridgehead atoms. The molecule has 14 nitrogen and oxygen atoms in total. The molecule has 0 unspecified atom stereocenters. The van der Waals surface area contributed by atoms with Crippen LogP contribution in [0.4, 0.5) is 0 Å². The maximum Gasteiger partial charge on any atom is 0.271 e. The predicted molar refractivity (Wildman–Crippen MR) is 202 cm³/mol. The van der Waals surface area contributed by atoms with Crippen molar-refractivity contribution < 1.29 is 33.4 Å². The van der Waals surface area contributed by atoms with Crippen LogP contribution in [0.5, 0.6) is 11.5 Å². The predicted octanol–water partition coefficient (Wildman–Crippen LogP) is 2.95. The number of hydrogen-bond acceptors (Lipinski definition) is 10. The van der Waals surface area contributed by atoms with E-state index in [-0.39, 0.29) is 49.6 Å². The molecule has 0 aliphatic carbocycles. The van der Waals surface area contributed by atoms with Gasteiger partial charge in [0.2, 0.25) is 23.6 Å². The van der Waals surface area contributed by atoms with Crippen molar-refractivity contribution in [3.05, 3.63) is 74.7 Å². The van der Waals surface area contributed by atoms with Crippen molar-refractivity contribution in [1.82, 2.24) is 36.1 Å². The van der Waals surface area contributed by atoms with Crippen molar-refractivity contribution in [2.24, 2.45) is 5.92 Å². The highest BCUT2D eigenvalue weighted by molar-refractivity contribution is 7.09. The maximum atomic E-state index is 13.9. The standard InChI is InChI=1S/C37H48ClN7O7S/c1-21(2)31-35(49)40-23(4)37(50)44(5)15-16-45(18-25-13-14-28(51-6)32(52-7)30(25)38)19-29(46)41-26(17-24-11-9-8-10-12-24)36-42-27(20-53-36)34(48)39-22(3)33(47)43-31/h8-14,20-23,26,31H,15-19H2,1-7H3,(H,39,48)(H,40,49)(H,41,46)(H,43,47)/t22-,23+,26-,31-/m0/s1. The number of rotatable bonds is 7. The fourth-order valence-corrected chi connectivity index (χ4v) is 6.94. The van der Waals surface area contributed by atoms with Gasteiger partial charge in [-0.3, -0.25) is 28.9 Å². The summed E-state index contributed by atoms with van der Waals surface area (Å²) in [5.41, 5.74) is 1.70. The Morgan fingerprint density at radius 2 is 1.62 bits per heavy atom. The SMILES string of the molecule is COc1ccc(CN2CCN(C)C(=O)[C@@H](C)NC(=O)[C@H](C(C)C)NC(=O)[C@H](C)NC(=O)c3csc(n3)[C@H](Cc3ccccc3)NC(=O)C2)c(Cl)c1OC. The number of carbonyl (C=O) groups excluding carboxylic acids is 5. The Morgan fingerprint density at radius 3 is 2.28 bits per heavy atom.